The Balaban J connectivity index is 2.31. The lowest BCUT2D eigenvalue weighted by Crippen LogP contribution is -2.29. The minimum Gasteiger partial charge on any atom is -0.450 e. The molecule has 1 rings (SSSR count). The Morgan fingerprint density at radius 1 is 0.955 bits per heavy atom. The van der Waals surface area contributed by atoms with Crippen molar-refractivity contribution in [2.75, 3.05) is 23.8 Å². The molecule has 6 nitrogen and oxygen atoms in total. The fourth-order valence-corrected chi connectivity index (χ4v) is 1.85. The molecule has 3 amide bonds. The Morgan fingerprint density at radius 2 is 1.59 bits per heavy atom. The smallest absolute Gasteiger partial charge is 0.411 e. The molecule has 0 bridgehead atoms. The van der Waals surface area contributed by atoms with Crippen LogP contribution in [0.5, 0.6) is 0 Å². The number of amides is 3. The highest BCUT2D eigenvalue weighted by atomic mass is 16.5. The predicted octanol–water partition coefficient (Wildman–Crippen LogP) is 3.96. The van der Waals surface area contributed by atoms with Crippen LogP contribution in [-0.4, -0.2) is 25.3 Å². The zero-order chi connectivity index (χ0) is 16.2. The highest BCUT2D eigenvalue weighted by molar-refractivity contribution is 5.90. The lowest BCUT2D eigenvalue weighted by Gasteiger charge is -2.09. The van der Waals surface area contributed by atoms with Crippen molar-refractivity contribution in [3.8, 4) is 0 Å². The van der Waals surface area contributed by atoms with Gasteiger partial charge in [-0.05, 0) is 37.6 Å². The van der Waals surface area contributed by atoms with E-state index in [9.17, 15) is 9.59 Å². The highest BCUT2D eigenvalue weighted by Gasteiger charge is 2.03. The van der Waals surface area contributed by atoms with Gasteiger partial charge in [-0.2, -0.15) is 0 Å². The van der Waals surface area contributed by atoms with Crippen LogP contribution in [0.15, 0.2) is 24.3 Å². The molecule has 1 aromatic carbocycles. The first-order valence-electron chi connectivity index (χ1n) is 7.74. The maximum absolute atomic E-state index is 11.7. The van der Waals surface area contributed by atoms with E-state index < -0.39 is 6.09 Å². The summed E-state index contributed by atoms with van der Waals surface area (Å²) >= 11 is 0. The van der Waals surface area contributed by atoms with Gasteiger partial charge in [-0.15, -0.1) is 0 Å². The molecular weight excluding hydrogens is 282 g/mol. The summed E-state index contributed by atoms with van der Waals surface area (Å²) in [7, 11) is 0. The number of rotatable bonds is 8. The number of carbonyl (C=O) groups excluding carboxylic acids is 2. The van der Waals surface area contributed by atoms with Gasteiger partial charge in [-0.3, -0.25) is 5.32 Å². The van der Waals surface area contributed by atoms with Crippen molar-refractivity contribution in [3.05, 3.63) is 24.3 Å². The van der Waals surface area contributed by atoms with Gasteiger partial charge in [0.15, 0.2) is 0 Å². The Labute approximate surface area is 131 Å². The van der Waals surface area contributed by atoms with Gasteiger partial charge in [0.25, 0.3) is 0 Å². The maximum atomic E-state index is 11.7. The largest absolute Gasteiger partial charge is 0.450 e. The highest BCUT2D eigenvalue weighted by Crippen LogP contribution is 2.13. The summed E-state index contributed by atoms with van der Waals surface area (Å²) < 4.78 is 4.78. The predicted molar refractivity (Wildman–Crippen MR) is 88.3 cm³/mol. The quantitative estimate of drug-likeness (QED) is 0.636. The molecule has 122 valence electrons. The summed E-state index contributed by atoms with van der Waals surface area (Å²) in [6.45, 7) is 4.90. The zero-order valence-corrected chi connectivity index (χ0v) is 13.3. The SMILES string of the molecule is CCCCCCNC(=O)Nc1ccc(NC(=O)OCC)cc1. The molecule has 0 saturated carbocycles. The van der Waals surface area contributed by atoms with E-state index in [4.69, 9.17) is 4.74 Å². The van der Waals surface area contributed by atoms with Crippen molar-refractivity contribution >= 4 is 23.5 Å². The molecule has 1 aromatic rings. The first-order valence-corrected chi connectivity index (χ1v) is 7.74. The fraction of sp³-hybridized carbons (Fsp3) is 0.500. The van der Waals surface area contributed by atoms with E-state index >= 15 is 0 Å². The normalized spacial score (nSPS) is 9.91. The molecule has 0 aromatic heterocycles. The first kappa shape index (κ1) is 17.8. The number of nitrogens with one attached hydrogen (secondary N) is 3. The van der Waals surface area contributed by atoms with Crippen LogP contribution in [0.2, 0.25) is 0 Å². The molecule has 0 unspecified atom stereocenters. The van der Waals surface area contributed by atoms with E-state index in [0.717, 1.165) is 12.8 Å². The topological polar surface area (TPSA) is 79.5 Å². The number of hydrogen-bond acceptors (Lipinski definition) is 3. The van der Waals surface area contributed by atoms with Crippen molar-refractivity contribution in [1.82, 2.24) is 5.32 Å². The van der Waals surface area contributed by atoms with Crippen molar-refractivity contribution in [2.45, 2.75) is 39.5 Å². The van der Waals surface area contributed by atoms with E-state index in [-0.39, 0.29) is 6.03 Å². The molecule has 0 aliphatic rings. The van der Waals surface area contributed by atoms with Gasteiger partial charge in [-0.25, -0.2) is 9.59 Å². The minimum atomic E-state index is -0.493. The van der Waals surface area contributed by atoms with E-state index in [1.54, 1.807) is 31.2 Å². The lowest BCUT2D eigenvalue weighted by atomic mass is 10.2. The van der Waals surface area contributed by atoms with Crippen molar-refractivity contribution in [2.24, 2.45) is 0 Å². The van der Waals surface area contributed by atoms with Crippen LogP contribution < -0.4 is 16.0 Å². The lowest BCUT2D eigenvalue weighted by molar-refractivity contribution is 0.168. The van der Waals surface area contributed by atoms with Crippen LogP contribution in [-0.2, 0) is 4.74 Å². The van der Waals surface area contributed by atoms with Gasteiger partial charge in [0, 0.05) is 17.9 Å². The van der Waals surface area contributed by atoms with E-state index in [0.29, 0.717) is 24.5 Å². The second-order valence-electron chi connectivity index (χ2n) is 4.86. The number of benzene rings is 1. The van der Waals surface area contributed by atoms with Crippen LogP contribution in [0.3, 0.4) is 0 Å². The summed E-state index contributed by atoms with van der Waals surface area (Å²) in [5.41, 5.74) is 1.28. The molecular formula is C16H25N3O3. The molecule has 22 heavy (non-hydrogen) atoms. The Kier molecular flexibility index (Phi) is 8.49. The van der Waals surface area contributed by atoms with E-state index in [2.05, 4.69) is 22.9 Å². The molecule has 0 radical (unpaired) electrons. The second-order valence-corrected chi connectivity index (χ2v) is 4.86. The maximum Gasteiger partial charge on any atom is 0.411 e. The Morgan fingerprint density at radius 3 is 2.18 bits per heavy atom. The Bertz CT molecular complexity index is 460. The molecule has 0 aliphatic heterocycles. The average Bonchev–Trinajstić information content (AvgIpc) is 2.49. The van der Waals surface area contributed by atoms with Gasteiger partial charge in [-0.1, -0.05) is 26.2 Å². The van der Waals surface area contributed by atoms with Gasteiger partial charge in [0.05, 0.1) is 6.61 Å². The molecule has 0 atom stereocenters. The van der Waals surface area contributed by atoms with Gasteiger partial charge in [0.2, 0.25) is 0 Å². The van der Waals surface area contributed by atoms with Crippen molar-refractivity contribution in [3.63, 3.8) is 0 Å². The number of urea groups is 1. The van der Waals surface area contributed by atoms with Crippen LogP contribution >= 0.6 is 0 Å². The molecule has 0 aliphatic carbocycles. The summed E-state index contributed by atoms with van der Waals surface area (Å²) in [6, 6.07) is 6.63. The van der Waals surface area contributed by atoms with Crippen molar-refractivity contribution < 1.29 is 14.3 Å². The summed E-state index contributed by atoms with van der Waals surface area (Å²) in [5.74, 6) is 0. The molecule has 6 heteroatoms. The first-order chi connectivity index (χ1) is 10.7. The standard InChI is InChI=1S/C16H25N3O3/c1-3-5-6-7-12-17-15(20)18-13-8-10-14(11-9-13)19-16(21)22-4-2/h8-11H,3-7,12H2,1-2H3,(H,19,21)(H2,17,18,20). The molecule has 0 spiro atoms. The number of carbonyl (C=O) groups is 2. The summed E-state index contributed by atoms with van der Waals surface area (Å²) in [5, 5.41) is 8.15. The summed E-state index contributed by atoms with van der Waals surface area (Å²) in [6.07, 6.45) is 4.00. The minimum absolute atomic E-state index is 0.220. The van der Waals surface area contributed by atoms with Crippen LogP contribution in [0.25, 0.3) is 0 Å². The monoisotopic (exact) mass is 307 g/mol. The number of hydrogen-bond donors (Lipinski definition) is 3. The molecule has 0 heterocycles. The molecule has 3 N–H and O–H groups in total. The van der Waals surface area contributed by atoms with Crippen LogP contribution in [0.1, 0.15) is 39.5 Å². The third-order valence-corrected chi connectivity index (χ3v) is 2.98. The zero-order valence-electron chi connectivity index (χ0n) is 13.3. The molecule has 0 fully saturated rings. The van der Waals surface area contributed by atoms with Crippen LogP contribution in [0, 0.1) is 0 Å². The Hall–Kier alpha value is -2.24. The number of unbranched alkanes of at least 4 members (excludes halogenated alkanes) is 3. The fourth-order valence-electron chi connectivity index (χ4n) is 1.85. The number of ether oxygens (including phenoxy) is 1. The van der Waals surface area contributed by atoms with Crippen molar-refractivity contribution in [1.29, 1.82) is 0 Å². The third kappa shape index (κ3) is 7.52. The third-order valence-electron chi connectivity index (χ3n) is 2.98. The molecule has 0 saturated heterocycles. The average molecular weight is 307 g/mol. The van der Waals surface area contributed by atoms with E-state index in [1.165, 1.54) is 12.8 Å². The van der Waals surface area contributed by atoms with Gasteiger partial charge in [0.1, 0.15) is 0 Å². The van der Waals surface area contributed by atoms with Gasteiger partial charge < -0.3 is 15.4 Å². The second kappa shape index (κ2) is 10.5. The van der Waals surface area contributed by atoms with Gasteiger partial charge >= 0.3 is 12.1 Å². The summed E-state index contributed by atoms with van der Waals surface area (Å²) in [4.78, 5) is 22.9. The number of anilines is 2. The van der Waals surface area contributed by atoms with Crippen LogP contribution in [0.4, 0.5) is 21.0 Å². The van der Waals surface area contributed by atoms with E-state index in [1.807, 2.05) is 0 Å².